The second-order valence-corrected chi connectivity index (χ2v) is 8.85. The highest BCUT2D eigenvalue weighted by molar-refractivity contribution is 6.35. The Bertz CT molecular complexity index is 1320. The fraction of sp³-hybridized carbons (Fsp3) is 0.320. The van der Waals surface area contributed by atoms with Gasteiger partial charge < -0.3 is 15.4 Å². The van der Waals surface area contributed by atoms with Crippen molar-refractivity contribution in [2.75, 3.05) is 25.9 Å². The number of hydrogen-bond acceptors (Lipinski definition) is 6. The van der Waals surface area contributed by atoms with Gasteiger partial charge in [0.2, 0.25) is 0 Å². The van der Waals surface area contributed by atoms with Gasteiger partial charge in [-0.3, -0.25) is 9.48 Å². The normalized spacial score (nSPS) is 18.0. The molecule has 1 unspecified atom stereocenters. The molecule has 0 bridgehead atoms. The molecule has 3 heterocycles. The Kier molecular flexibility index (Phi) is 5.69. The minimum Gasteiger partial charge on any atom is -0.497 e. The number of nitrogen functional groups attached to an aromatic ring is 1. The SMILES string of the molecule is COc1cc(C#Cc2nn(C3CCN(C=CC=O)C3)c3c(Cl)cnc(N)c23)cc(C2CC2)c1. The largest absolute Gasteiger partial charge is 0.497 e. The van der Waals surface area contributed by atoms with Gasteiger partial charge in [-0.1, -0.05) is 17.5 Å². The summed E-state index contributed by atoms with van der Waals surface area (Å²) in [4.78, 5) is 17.0. The fourth-order valence-corrected chi connectivity index (χ4v) is 4.60. The molecule has 2 aliphatic rings. The van der Waals surface area contributed by atoms with E-state index in [9.17, 15) is 4.79 Å². The smallest absolute Gasteiger partial charge is 0.147 e. The molecule has 1 saturated carbocycles. The highest BCUT2D eigenvalue weighted by Gasteiger charge is 2.27. The van der Waals surface area contributed by atoms with Gasteiger partial charge in [-0.15, -0.1) is 0 Å². The summed E-state index contributed by atoms with van der Waals surface area (Å²) in [5, 5.41) is 5.98. The first kappa shape index (κ1) is 21.4. The fourth-order valence-electron chi connectivity index (χ4n) is 4.37. The summed E-state index contributed by atoms with van der Waals surface area (Å²) in [5.74, 6) is 8.21. The molecule has 7 nitrogen and oxygen atoms in total. The quantitative estimate of drug-likeness (QED) is 0.352. The number of ether oxygens (including phenoxy) is 1. The Balaban J connectivity index is 1.56. The molecule has 2 aromatic heterocycles. The number of nitrogens with two attached hydrogens (primary N) is 1. The van der Waals surface area contributed by atoms with Crippen molar-refractivity contribution >= 4 is 34.6 Å². The summed E-state index contributed by atoms with van der Waals surface area (Å²) in [7, 11) is 1.67. The lowest BCUT2D eigenvalue weighted by Gasteiger charge is -2.14. The van der Waals surface area contributed by atoms with Gasteiger partial charge in [0, 0.05) is 24.9 Å². The third-order valence-corrected chi connectivity index (χ3v) is 6.44. The van der Waals surface area contributed by atoms with E-state index in [4.69, 9.17) is 27.2 Å². The average molecular weight is 462 g/mol. The molecular weight excluding hydrogens is 438 g/mol. The van der Waals surface area contributed by atoms with Crippen LogP contribution < -0.4 is 10.5 Å². The molecule has 3 aromatic rings. The van der Waals surface area contributed by atoms with Crippen LogP contribution in [0, 0.1) is 11.8 Å². The van der Waals surface area contributed by atoms with E-state index in [2.05, 4.69) is 33.9 Å². The number of fused-ring (bicyclic) bond motifs is 1. The van der Waals surface area contributed by atoms with Gasteiger partial charge >= 0.3 is 0 Å². The van der Waals surface area contributed by atoms with Crippen molar-refractivity contribution in [1.82, 2.24) is 19.7 Å². The summed E-state index contributed by atoms with van der Waals surface area (Å²) in [6.45, 7) is 1.54. The molecule has 1 aliphatic carbocycles. The topological polar surface area (TPSA) is 86.3 Å². The van der Waals surface area contributed by atoms with Crippen molar-refractivity contribution in [3.8, 4) is 17.6 Å². The monoisotopic (exact) mass is 461 g/mol. The third-order valence-electron chi connectivity index (χ3n) is 6.16. The Labute approximate surface area is 197 Å². The Hall–Kier alpha value is -3.50. The molecule has 0 spiro atoms. The predicted octanol–water partition coefficient (Wildman–Crippen LogP) is 3.91. The maximum atomic E-state index is 10.7. The lowest BCUT2D eigenvalue weighted by molar-refractivity contribution is -0.104. The number of rotatable bonds is 5. The zero-order chi connectivity index (χ0) is 22.9. The van der Waals surface area contributed by atoms with Crippen LogP contribution in [0.2, 0.25) is 5.02 Å². The second kappa shape index (κ2) is 8.80. The van der Waals surface area contributed by atoms with Gasteiger partial charge in [-0.25, -0.2) is 4.98 Å². The number of methoxy groups -OCH3 is 1. The number of hydrogen-bond donors (Lipinski definition) is 1. The first-order valence-corrected chi connectivity index (χ1v) is 11.3. The van der Waals surface area contributed by atoms with Crippen molar-refractivity contribution in [3.05, 3.63) is 58.5 Å². The summed E-state index contributed by atoms with van der Waals surface area (Å²) >= 11 is 6.55. The molecule has 8 heteroatoms. The molecule has 0 radical (unpaired) electrons. The standard InChI is InChI=1S/C25H24ClN5O2/c1-33-20-12-16(11-18(13-20)17-4-5-17)3-6-22-23-24(21(26)14-28-25(23)27)31(29-22)19-7-9-30(15-19)8-2-10-32/h2,8,10-14,17,19H,4-5,7,9,15H2,1H3,(H2,27,28). The molecular formula is C25H24ClN5O2. The van der Waals surface area contributed by atoms with Gasteiger partial charge in [-0.05, 0) is 60.9 Å². The molecule has 1 saturated heterocycles. The van der Waals surface area contributed by atoms with Crippen LogP contribution in [0.15, 0.2) is 36.7 Å². The van der Waals surface area contributed by atoms with Crippen molar-refractivity contribution in [2.45, 2.75) is 31.2 Å². The third kappa shape index (κ3) is 4.27. The molecule has 33 heavy (non-hydrogen) atoms. The number of aromatic nitrogens is 3. The van der Waals surface area contributed by atoms with E-state index in [1.54, 1.807) is 19.5 Å². The van der Waals surface area contributed by atoms with Crippen LogP contribution in [-0.4, -0.2) is 46.1 Å². The molecule has 1 aromatic carbocycles. The van der Waals surface area contributed by atoms with Gasteiger partial charge in [0.25, 0.3) is 0 Å². The van der Waals surface area contributed by atoms with Gasteiger partial charge in [0.1, 0.15) is 23.5 Å². The minimum absolute atomic E-state index is 0.0805. The first-order valence-electron chi connectivity index (χ1n) is 11.0. The molecule has 2 N–H and O–H groups in total. The number of nitrogens with zero attached hydrogens (tertiary/aromatic N) is 4. The maximum Gasteiger partial charge on any atom is 0.147 e. The van der Waals surface area contributed by atoms with Crippen LogP contribution in [0.4, 0.5) is 5.82 Å². The van der Waals surface area contributed by atoms with Gasteiger partial charge in [-0.2, -0.15) is 5.10 Å². The second-order valence-electron chi connectivity index (χ2n) is 8.44. The Morgan fingerprint density at radius 3 is 2.85 bits per heavy atom. The van der Waals surface area contributed by atoms with Crippen LogP contribution in [0.25, 0.3) is 10.9 Å². The van der Waals surface area contributed by atoms with Gasteiger partial charge in [0.05, 0.1) is 35.3 Å². The lowest BCUT2D eigenvalue weighted by Crippen LogP contribution is -2.16. The zero-order valence-electron chi connectivity index (χ0n) is 18.3. The van der Waals surface area contributed by atoms with Crippen LogP contribution >= 0.6 is 11.6 Å². The number of pyridine rings is 1. The van der Waals surface area contributed by atoms with E-state index in [-0.39, 0.29) is 6.04 Å². The molecule has 1 atom stereocenters. The van der Waals surface area contributed by atoms with Crippen LogP contribution in [-0.2, 0) is 4.79 Å². The van der Waals surface area contributed by atoms with E-state index >= 15 is 0 Å². The number of anilines is 1. The van der Waals surface area contributed by atoms with Crippen LogP contribution in [0.5, 0.6) is 5.75 Å². The summed E-state index contributed by atoms with van der Waals surface area (Å²) in [6.07, 6.45) is 8.91. The van der Waals surface area contributed by atoms with Crippen molar-refractivity contribution in [3.63, 3.8) is 0 Å². The van der Waals surface area contributed by atoms with Crippen LogP contribution in [0.3, 0.4) is 0 Å². The summed E-state index contributed by atoms with van der Waals surface area (Å²) in [5.41, 5.74) is 9.67. The molecule has 168 valence electrons. The number of carbonyl (C=O) groups excluding carboxylic acids is 1. The minimum atomic E-state index is 0.0805. The molecule has 2 fully saturated rings. The van der Waals surface area contributed by atoms with Crippen LogP contribution in [0.1, 0.15) is 48.0 Å². The highest BCUT2D eigenvalue weighted by Crippen LogP contribution is 2.41. The molecule has 1 aliphatic heterocycles. The number of likely N-dealkylation sites (tertiary alicyclic amines) is 1. The summed E-state index contributed by atoms with van der Waals surface area (Å²) in [6, 6.07) is 6.22. The lowest BCUT2D eigenvalue weighted by atomic mass is 10.1. The highest BCUT2D eigenvalue weighted by atomic mass is 35.5. The summed E-state index contributed by atoms with van der Waals surface area (Å²) < 4.78 is 7.39. The van der Waals surface area contributed by atoms with E-state index < -0.39 is 0 Å². The van der Waals surface area contributed by atoms with E-state index in [0.29, 0.717) is 34.4 Å². The van der Waals surface area contributed by atoms with E-state index in [1.807, 2.05) is 10.7 Å². The number of benzene rings is 1. The molecule has 5 rings (SSSR count). The van der Waals surface area contributed by atoms with Crippen molar-refractivity contribution in [2.24, 2.45) is 0 Å². The Morgan fingerprint density at radius 1 is 1.24 bits per heavy atom. The van der Waals surface area contributed by atoms with E-state index in [1.165, 1.54) is 24.5 Å². The first-order chi connectivity index (χ1) is 16.1. The van der Waals surface area contributed by atoms with Crippen molar-refractivity contribution in [1.29, 1.82) is 0 Å². The predicted molar refractivity (Wildman–Crippen MR) is 128 cm³/mol. The number of aldehydes is 1. The average Bonchev–Trinajstić information content (AvgIpc) is 3.45. The van der Waals surface area contributed by atoms with E-state index in [0.717, 1.165) is 36.1 Å². The number of allylic oxidation sites excluding steroid dienone is 1. The molecule has 0 amide bonds. The Morgan fingerprint density at radius 2 is 2.09 bits per heavy atom. The van der Waals surface area contributed by atoms with Gasteiger partial charge in [0.15, 0.2) is 0 Å². The maximum absolute atomic E-state index is 10.7. The zero-order valence-corrected chi connectivity index (χ0v) is 19.0. The van der Waals surface area contributed by atoms with Crippen molar-refractivity contribution < 1.29 is 9.53 Å². The number of halogens is 1. The number of carbonyl (C=O) groups is 1.